The maximum absolute atomic E-state index is 12.3. The van der Waals surface area contributed by atoms with Gasteiger partial charge in [-0.3, -0.25) is 0 Å². The molecule has 1 N–H and O–H groups in total. The van der Waals surface area contributed by atoms with Gasteiger partial charge in [0, 0.05) is 5.56 Å². The maximum atomic E-state index is 12.3. The van der Waals surface area contributed by atoms with Crippen molar-refractivity contribution in [3.05, 3.63) is 34.9 Å². The molecule has 0 unspecified atom stereocenters. The van der Waals surface area contributed by atoms with Crippen molar-refractivity contribution in [3.8, 4) is 12.3 Å². The number of aliphatic hydroxyl groups is 1. The molecule has 0 saturated heterocycles. The molecule has 0 aliphatic heterocycles. The minimum Gasteiger partial charge on any atom is -0.392 e. The molecule has 0 aromatic heterocycles. The summed E-state index contributed by atoms with van der Waals surface area (Å²) in [6, 6.07) is 3.09. The zero-order valence-electron chi connectivity index (χ0n) is 7.10. The van der Waals surface area contributed by atoms with E-state index in [1.165, 1.54) is 6.07 Å². The Bertz CT molecular complexity index is 374. The minimum atomic E-state index is -4.43. The van der Waals surface area contributed by atoms with E-state index in [9.17, 15) is 13.2 Å². The number of hydrogen-bond donors (Lipinski definition) is 1. The van der Waals surface area contributed by atoms with Crippen molar-refractivity contribution < 1.29 is 18.3 Å². The van der Waals surface area contributed by atoms with Crippen LogP contribution in [0.3, 0.4) is 0 Å². The topological polar surface area (TPSA) is 20.2 Å². The van der Waals surface area contributed by atoms with Gasteiger partial charge in [-0.15, -0.1) is 6.42 Å². The minimum absolute atomic E-state index is 0.115. The van der Waals surface area contributed by atoms with Gasteiger partial charge in [-0.25, -0.2) is 0 Å². The molecule has 1 nitrogen and oxygen atoms in total. The molecule has 0 heterocycles. The van der Waals surface area contributed by atoms with Crippen LogP contribution < -0.4 is 0 Å². The van der Waals surface area contributed by atoms with E-state index in [-0.39, 0.29) is 11.1 Å². The van der Waals surface area contributed by atoms with Crippen LogP contribution in [0.2, 0.25) is 0 Å². The largest absolute Gasteiger partial charge is 0.416 e. The molecule has 0 atom stereocenters. The molecular formula is C10H7F3O. The summed E-state index contributed by atoms with van der Waals surface area (Å²) < 4.78 is 36.8. The van der Waals surface area contributed by atoms with Gasteiger partial charge in [0.2, 0.25) is 0 Å². The van der Waals surface area contributed by atoms with E-state index in [4.69, 9.17) is 11.5 Å². The van der Waals surface area contributed by atoms with Crippen LogP contribution in [0.5, 0.6) is 0 Å². The van der Waals surface area contributed by atoms with Crippen molar-refractivity contribution in [1.29, 1.82) is 0 Å². The molecule has 0 fully saturated rings. The number of hydrogen-bond acceptors (Lipinski definition) is 1. The summed E-state index contributed by atoms with van der Waals surface area (Å²) in [6.07, 6.45) is 0.553. The lowest BCUT2D eigenvalue weighted by atomic mass is 10.1. The van der Waals surface area contributed by atoms with E-state index in [0.29, 0.717) is 0 Å². The standard InChI is InChI=1S/C10H7F3O/c1-2-7-3-8(6-14)5-9(4-7)10(11,12)13/h1,3-5,14H,6H2. The Labute approximate surface area is 79.2 Å². The average molecular weight is 200 g/mol. The third kappa shape index (κ3) is 2.27. The molecule has 14 heavy (non-hydrogen) atoms. The molecule has 74 valence electrons. The molecule has 0 spiro atoms. The molecule has 0 bridgehead atoms. The van der Waals surface area contributed by atoms with Crippen LogP contribution in [-0.2, 0) is 12.8 Å². The predicted molar refractivity (Wildman–Crippen MR) is 45.3 cm³/mol. The molecule has 0 saturated carbocycles. The zero-order chi connectivity index (χ0) is 10.8. The summed E-state index contributed by atoms with van der Waals surface area (Å²) in [7, 11) is 0. The van der Waals surface area contributed by atoms with Gasteiger partial charge in [0.25, 0.3) is 0 Å². The first kappa shape index (κ1) is 10.6. The number of aliphatic hydroxyl groups excluding tert-OH is 1. The lowest BCUT2D eigenvalue weighted by Crippen LogP contribution is -2.06. The first-order valence-corrected chi connectivity index (χ1v) is 3.76. The van der Waals surface area contributed by atoms with Crippen LogP contribution in [0, 0.1) is 12.3 Å². The van der Waals surface area contributed by atoms with Gasteiger partial charge in [-0.05, 0) is 23.8 Å². The van der Waals surface area contributed by atoms with E-state index in [0.717, 1.165) is 12.1 Å². The molecule has 1 aromatic carbocycles. The average Bonchev–Trinajstić information content (AvgIpc) is 2.15. The Morgan fingerprint density at radius 2 is 1.93 bits per heavy atom. The first-order chi connectivity index (χ1) is 6.47. The molecule has 4 heteroatoms. The lowest BCUT2D eigenvalue weighted by Gasteiger charge is -2.08. The smallest absolute Gasteiger partial charge is 0.392 e. The van der Waals surface area contributed by atoms with Crippen molar-refractivity contribution in [2.75, 3.05) is 0 Å². The van der Waals surface area contributed by atoms with Gasteiger partial charge in [-0.1, -0.05) is 5.92 Å². The number of terminal acetylenes is 1. The number of benzene rings is 1. The van der Waals surface area contributed by atoms with Gasteiger partial charge in [0.05, 0.1) is 12.2 Å². The summed E-state index contributed by atoms with van der Waals surface area (Å²) in [4.78, 5) is 0. The van der Waals surface area contributed by atoms with Gasteiger partial charge in [0.15, 0.2) is 0 Å². The third-order valence-corrected chi connectivity index (χ3v) is 1.67. The van der Waals surface area contributed by atoms with E-state index in [1.807, 2.05) is 0 Å². The van der Waals surface area contributed by atoms with Gasteiger partial charge >= 0.3 is 6.18 Å². The van der Waals surface area contributed by atoms with Crippen molar-refractivity contribution >= 4 is 0 Å². The van der Waals surface area contributed by atoms with Crippen molar-refractivity contribution in [2.24, 2.45) is 0 Å². The summed E-state index contributed by atoms with van der Waals surface area (Å²) in [6.45, 7) is -0.460. The van der Waals surface area contributed by atoms with Gasteiger partial charge in [-0.2, -0.15) is 13.2 Å². The summed E-state index contributed by atoms with van der Waals surface area (Å²) in [5, 5.41) is 8.71. The predicted octanol–water partition coefficient (Wildman–Crippen LogP) is 2.18. The highest BCUT2D eigenvalue weighted by molar-refractivity contribution is 5.40. The first-order valence-electron chi connectivity index (χ1n) is 3.76. The van der Waals surface area contributed by atoms with Crippen LogP contribution >= 0.6 is 0 Å². The Morgan fingerprint density at radius 3 is 2.36 bits per heavy atom. The highest BCUT2D eigenvalue weighted by Crippen LogP contribution is 2.30. The van der Waals surface area contributed by atoms with Crippen molar-refractivity contribution in [3.63, 3.8) is 0 Å². The number of alkyl halides is 3. The molecule has 0 aliphatic carbocycles. The zero-order valence-corrected chi connectivity index (χ0v) is 7.10. The van der Waals surface area contributed by atoms with Gasteiger partial charge in [0.1, 0.15) is 0 Å². The van der Waals surface area contributed by atoms with Crippen LogP contribution in [-0.4, -0.2) is 5.11 Å². The fraction of sp³-hybridized carbons (Fsp3) is 0.200. The Balaban J connectivity index is 3.26. The molecule has 0 radical (unpaired) electrons. The second-order valence-electron chi connectivity index (χ2n) is 2.72. The number of rotatable bonds is 1. The van der Waals surface area contributed by atoms with Gasteiger partial charge < -0.3 is 5.11 Å². The molecule has 1 aromatic rings. The summed E-state index contributed by atoms with van der Waals surface area (Å²) in [5.74, 6) is 2.10. The Morgan fingerprint density at radius 1 is 1.29 bits per heavy atom. The van der Waals surface area contributed by atoms with Crippen LogP contribution in [0.4, 0.5) is 13.2 Å². The normalized spacial score (nSPS) is 11.1. The summed E-state index contributed by atoms with van der Waals surface area (Å²) >= 11 is 0. The van der Waals surface area contributed by atoms with E-state index in [1.54, 1.807) is 0 Å². The SMILES string of the molecule is C#Cc1cc(CO)cc(C(F)(F)F)c1. The monoisotopic (exact) mass is 200 g/mol. The quantitative estimate of drug-likeness (QED) is 0.689. The highest BCUT2D eigenvalue weighted by atomic mass is 19.4. The molecule has 0 aliphatic rings. The fourth-order valence-corrected chi connectivity index (χ4v) is 1.03. The highest BCUT2D eigenvalue weighted by Gasteiger charge is 2.30. The molecule has 0 amide bonds. The molecule has 1 rings (SSSR count). The second-order valence-corrected chi connectivity index (χ2v) is 2.72. The Kier molecular flexibility index (Phi) is 2.82. The Hall–Kier alpha value is -1.47. The third-order valence-electron chi connectivity index (χ3n) is 1.67. The summed E-state index contributed by atoms with van der Waals surface area (Å²) in [5.41, 5.74) is -0.561. The van der Waals surface area contributed by atoms with Crippen LogP contribution in [0.1, 0.15) is 16.7 Å². The second kappa shape index (κ2) is 3.72. The van der Waals surface area contributed by atoms with Crippen LogP contribution in [0.15, 0.2) is 18.2 Å². The fourth-order valence-electron chi connectivity index (χ4n) is 1.03. The maximum Gasteiger partial charge on any atom is 0.416 e. The molecular weight excluding hydrogens is 193 g/mol. The van der Waals surface area contributed by atoms with E-state index in [2.05, 4.69) is 5.92 Å². The number of halogens is 3. The van der Waals surface area contributed by atoms with Crippen molar-refractivity contribution in [2.45, 2.75) is 12.8 Å². The van der Waals surface area contributed by atoms with Crippen molar-refractivity contribution in [1.82, 2.24) is 0 Å². The van der Waals surface area contributed by atoms with Crippen LogP contribution in [0.25, 0.3) is 0 Å². The van der Waals surface area contributed by atoms with E-state index < -0.39 is 18.3 Å². The van der Waals surface area contributed by atoms with E-state index >= 15 is 0 Å². The lowest BCUT2D eigenvalue weighted by molar-refractivity contribution is -0.137.